The zero-order chi connectivity index (χ0) is 15.1. The van der Waals surface area contributed by atoms with Crippen LogP contribution in [0.15, 0.2) is 35.6 Å². The van der Waals surface area contributed by atoms with E-state index in [9.17, 15) is 4.39 Å². The quantitative estimate of drug-likeness (QED) is 0.442. The Kier molecular flexibility index (Phi) is 7.78. The summed E-state index contributed by atoms with van der Waals surface area (Å²) < 4.78 is 14.6. The summed E-state index contributed by atoms with van der Waals surface area (Å²) in [6.45, 7) is 3.77. The van der Waals surface area contributed by atoms with Gasteiger partial charge >= 0.3 is 0 Å². The number of hydrogen-bond donors (Lipinski definition) is 2. The summed E-state index contributed by atoms with van der Waals surface area (Å²) in [6.07, 6.45) is 1.51. The highest BCUT2D eigenvalue weighted by atomic mass is 127. The van der Waals surface area contributed by atoms with Crippen molar-refractivity contribution in [3.05, 3.63) is 47.8 Å². The first-order chi connectivity index (χ1) is 10.2. The highest BCUT2D eigenvalue weighted by Crippen LogP contribution is 2.03. The molecule has 0 fully saturated rings. The van der Waals surface area contributed by atoms with Gasteiger partial charge in [0.05, 0.1) is 13.1 Å². The van der Waals surface area contributed by atoms with Crippen molar-refractivity contribution in [2.24, 2.45) is 12.0 Å². The smallest absolute Gasteiger partial charge is 0.191 e. The van der Waals surface area contributed by atoms with Crippen molar-refractivity contribution in [3.63, 3.8) is 0 Å². The van der Waals surface area contributed by atoms with Crippen molar-refractivity contribution >= 4 is 29.9 Å². The molecule has 2 aromatic rings. The number of benzene rings is 1. The van der Waals surface area contributed by atoms with Gasteiger partial charge in [-0.3, -0.25) is 4.68 Å². The van der Waals surface area contributed by atoms with E-state index in [0.717, 1.165) is 17.9 Å². The average molecular weight is 418 g/mol. The predicted octanol–water partition coefficient (Wildman–Crippen LogP) is 1.83. The monoisotopic (exact) mass is 418 g/mol. The standard InChI is InChI=1S/C14H19FN6.HI/c1-3-16-14(18-9-13-19-10-20-21(13)2)17-8-11-4-6-12(15)7-5-11;/h4-7,10H,3,8-9H2,1-2H3,(H2,16,17,18);1H. The fraction of sp³-hybridized carbons (Fsp3) is 0.357. The molecule has 0 aliphatic carbocycles. The molecule has 0 unspecified atom stereocenters. The maximum Gasteiger partial charge on any atom is 0.191 e. The summed E-state index contributed by atoms with van der Waals surface area (Å²) in [5.74, 6) is 1.27. The summed E-state index contributed by atoms with van der Waals surface area (Å²) in [7, 11) is 1.84. The Labute approximate surface area is 146 Å². The minimum atomic E-state index is -0.241. The molecule has 1 heterocycles. The first-order valence-corrected chi connectivity index (χ1v) is 6.78. The van der Waals surface area contributed by atoms with Gasteiger partial charge in [0, 0.05) is 13.6 Å². The van der Waals surface area contributed by atoms with Crippen LogP contribution in [0.1, 0.15) is 18.3 Å². The number of halogens is 2. The minimum Gasteiger partial charge on any atom is -0.357 e. The summed E-state index contributed by atoms with van der Waals surface area (Å²) in [5, 5.41) is 10.4. The minimum absolute atomic E-state index is 0. The number of nitrogens with zero attached hydrogens (tertiary/aromatic N) is 4. The average Bonchev–Trinajstić information content (AvgIpc) is 2.89. The maximum absolute atomic E-state index is 12.8. The van der Waals surface area contributed by atoms with Crippen LogP contribution in [0.5, 0.6) is 0 Å². The Bertz CT molecular complexity index is 596. The third-order valence-corrected chi connectivity index (χ3v) is 2.90. The molecule has 1 aromatic heterocycles. The molecule has 1 aromatic carbocycles. The molecule has 120 valence electrons. The van der Waals surface area contributed by atoms with Gasteiger partial charge in [-0.05, 0) is 24.6 Å². The van der Waals surface area contributed by atoms with Gasteiger partial charge in [0.15, 0.2) is 5.96 Å². The number of aliphatic imine (C=N–C) groups is 1. The molecular weight excluding hydrogens is 398 g/mol. The van der Waals surface area contributed by atoms with Crippen LogP contribution in [0.2, 0.25) is 0 Å². The highest BCUT2D eigenvalue weighted by Gasteiger charge is 2.02. The van der Waals surface area contributed by atoms with Crippen LogP contribution in [0.3, 0.4) is 0 Å². The first-order valence-electron chi connectivity index (χ1n) is 6.78. The lowest BCUT2D eigenvalue weighted by atomic mass is 10.2. The van der Waals surface area contributed by atoms with Crippen LogP contribution in [0.25, 0.3) is 0 Å². The molecule has 0 spiro atoms. The molecule has 22 heavy (non-hydrogen) atoms. The van der Waals surface area contributed by atoms with Gasteiger partial charge in [0.2, 0.25) is 0 Å². The van der Waals surface area contributed by atoms with Crippen molar-refractivity contribution in [3.8, 4) is 0 Å². The van der Waals surface area contributed by atoms with E-state index in [1.807, 2.05) is 14.0 Å². The summed E-state index contributed by atoms with van der Waals surface area (Å²) in [4.78, 5) is 8.60. The number of aryl methyl sites for hydroxylation is 1. The molecule has 2 rings (SSSR count). The zero-order valence-electron chi connectivity index (χ0n) is 12.6. The molecule has 0 aliphatic heterocycles. The van der Waals surface area contributed by atoms with Crippen molar-refractivity contribution in [2.75, 3.05) is 6.54 Å². The van der Waals surface area contributed by atoms with E-state index in [2.05, 4.69) is 25.7 Å². The van der Waals surface area contributed by atoms with Gasteiger partial charge in [0.1, 0.15) is 18.0 Å². The van der Waals surface area contributed by atoms with E-state index in [1.165, 1.54) is 18.5 Å². The van der Waals surface area contributed by atoms with Crippen LogP contribution in [0.4, 0.5) is 4.39 Å². The van der Waals surface area contributed by atoms with Crippen LogP contribution >= 0.6 is 24.0 Å². The van der Waals surface area contributed by atoms with Gasteiger partial charge in [0.25, 0.3) is 0 Å². The van der Waals surface area contributed by atoms with Gasteiger partial charge in [-0.1, -0.05) is 12.1 Å². The van der Waals surface area contributed by atoms with Gasteiger partial charge in [-0.15, -0.1) is 24.0 Å². The van der Waals surface area contributed by atoms with E-state index in [4.69, 9.17) is 0 Å². The maximum atomic E-state index is 12.8. The number of nitrogens with one attached hydrogen (secondary N) is 2. The van der Waals surface area contributed by atoms with Crippen LogP contribution < -0.4 is 10.6 Å². The van der Waals surface area contributed by atoms with Crippen molar-refractivity contribution in [1.29, 1.82) is 0 Å². The molecule has 0 atom stereocenters. The van der Waals surface area contributed by atoms with Crippen molar-refractivity contribution in [1.82, 2.24) is 25.4 Å². The number of rotatable bonds is 5. The third-order valence-electron chi connectivity index (χ3n) is 2.90. The lowest BCUT2D eigenvalue weighted by Crippen LogP contribution is -2.37. The van der Waals surface area contributed by atoms with E-state index in [0.29, 0.717) is 19.0 Å². The lowest BCUT2D eigenvalue weighted by molar-refractivity contribution is 0.627. The molecule has 8 heteroatoms. The number of guanidine groups is 1. The largest absolute Gasteiger partial charge is 0.357 e. The van der Waals surface area contributed by atoms with Crippen LogP contribution in [-0.4, -0.2) is 27.3 Å². The topological polar surface area (TPSA) is 67.1 Å². The number of hydrogen-bond acceptors (Lipinski definition) is 3. The molecule has 6 nitrogen and oxygen atoms in total. The Morgan fingerprint density at radius 2 is 2.00 bits per heavy atom. The molecule has 0 bridgehead atoms. The fourth-order valence-electron chi connectivity index (χ4n) is 1.74. The Balaban J connectivity index is 0.00000242. The van der Waals surface area contributed by atoms with Crippen molar-refractivity contribution < 1.29 is 4.39 Å². The highest BCUT2D eigenvalue weighted by molar-refractivity contribution is 14.0. The first kappa shape index (κ1) is 18.3. The predicted molar refractivity (Wildman–Crippen MR) is 94.5 cm³/mol. The van der Waals surface area contributed by atoms with E-state index in [-0.39, 0.29) is 29.8 Å². The van der Waals surface area contributed by atoms with Crippen molar-refractivity contribution in [2.45, 2.75) is 20.0 Å². The van der Waals surface area contributed by atoms with Gasteiger partial charge in [-0.2, -0.15) is 5.10 Å². The molecular formula is C14H20FIN6. The Hall–Kier alpha value is -1.71. The Morgan fingerprint density at radius 3 is 2.59 bits per heavy atom. The zero-order valence-corrected chi connectivity index (χ0v) is 14.9. The van der Waals surface area contributed by atoms with E-state index < -0.39 is 0 Å². The van der Waals surface area contributed by atoms with E-state index >= 15 is 0 Å². The normalized spacial score (nSPS) is 11.0. The molecule has 0 radical (unpaired) electrons. The molecule has 0 aliphatic rings. The summed E-state index contributed by atoms with van der Waals surface area (Å²) in [6, 6.07) is 6.33. The molecule has 0 saturated carbocycles. The second-order valence-electron chi connectivity index (χ2n) is 4.48. The molecule has 0 saturated heterocycles. The lowest BCUT2D eigenvalue weighted by Gasteiger charge is -2.10. The second-order valence-corrected chi connectivity index (χ2v) is 4.48. The SMILES string of the molecule is CCNC(=NCc1ccc(F)cc1)NCc1ncnn1C.I. The summed E-state index contributed by atoms with van der Waals surface area (Å²) >= 11 is 0. The molecule has 2 N–H and O–H groups in total. The third kappa shape index (κ3) is 5.58. The van der Waals surface area contributed by atoms with E-state index in [1.54, 1.807) is 16.8 Å². The summed E-state index contributed by atoms with van der Waals surface area (Å²) in [5.41, 5.74) is 0.951. The van der Waals surface area contributed by atoms with Crippen LogP contribution in [0, 0.1) is 5.82 Å². The Morgan fingerprint density at radius 1 is 1.27 bits per heavy atom. The molecule has 0 amide bonds. The second kappa shape index (κ2) is 9.34. The van der Waals surface area contributed by atoms with Crippen LogP contribution in [-0.2, 0) is 20.1 Å². The number of aromatic nitrogens is 3. The fourth-order valence-corrected chi connectivity index (χ4v) is 1.74. The van der Waals surface area contributed by atoms with Gasteiger partial charge < -0.3 is 10.6 Å². The van der Waals surface area contributed by atoms with Gasteiger partial charge in [-0.25, -0.2) is 14.4 Å².